The molecule has 0 bridgehead atoms. The SMILES string of the molecule is CCCOC(=O)c1cc(NC(=O)CN2C(=O)S/C(=C/c3ccc(OCc4ccccc4)c(OCC)c3)C2=O)ccc1Cl. The summed E-state index contributed by atoms with van der Waals surface area (Å²) < 4.78 is 16.8. The molecule has 1 saturated heterocycles. The summed E-state index contributed by atoms with van der Waals surface area (Å²) in [6.07, 6.45) is 2.22. The highest BCUT2D eigenvalue weighted by Crippen LogP contribution is 2.35. The number of imide groups is 1. The van der Waals surface area contributed by atoms with E-state index in [-0.39, 0.29) is 27.8 Å². The number of thioether (sulfide) groups is 1. The lowest BCUT2D eigenvalue weighted by molar-refractivity contribution is -0.127. The zero-order valence-corrected chi connectivity index (χ0v) is 24.6. The molecule has 1 aliphatic rings. The highest BCUT2D eigenvalue weighted by atomic mass is 35.5. The van der Waals surface area contributed by atoms with E-state index in [0.29, 0.717) is 36.7 Å². The molecule has 3 amide bonds. The Kier molecular flexibility index (Phi) is 10.6. The maximum atomic E-state index is 13.0. The van der Waals surface area contributed by atoms with E-state index in [1.54, 1.807) is 24.3 Å². The van der Waals surface area contributed by atoms with Crippen LogP contribution in [0, 0.1) is 0 Å². The first kappa shape index (κ1) is 30.7. The van der Waals surface area contributed by atoms with Gasteiger partial charge < -0.3 is 19.5 Å². The van der Waals surface area contributed by atoms with Gasteiger partial charge >= 0.3 is 5.97 Å². The number of esters is 1. The lowest BCUT2D eigenvalue weighted by Crippen LogP contribution is -2.36. The molecule has 0 saturated carbocycles. The van der Waals surface area contributed by atoms with E-state index in [2.05, 4.69) is 5.32 Å². The summed E-state index contributed by atoms with van der Waals surface area (Å²) in [4.78, 5) is 51.6. The summed E-state index contributed by atoms with van der Waals surface area (Å²) in [7, 11) is 0. The third-order valence-corrected chi connectivity index (χ3v) is 7.12. The van der Waals surface area contributed by atoms with E-state index in [4.69, 9.17) is 25.8 Å². The van der Waals surface area contributed by atoms with Crippen molar-refractivity contribution in [2.24, 2.45) is 0 Å². The molecule has 1 fully saturated rings. The Hall–Kier alpha value is -4.28. The van der Waals surface area contributed by atoms with Gasteiger partial charge in [0.15, 0.2) is 11.5 Å². The summed E-state index contributed by atoms with van der Waals surface area (Å²) in [6.45, 7) is 4.22. The Bertz CT molecular complexity index is 1510. The van der Waals surface area contributed by atoms with Crippen LogP contribution in [0.25, 0.3) is 6.08 Å². The molecule has 0 unspecified atom stereocenters. The summed E-state index contributed by atoms with van der Waals surface area (Å²) in [6, 6.07) is 19.3. The van der Waals surface area contributed by atoms with Crippen LogP contribution in [0.5, 0.6) is 11.5 Å². The van der Waals surface area contributed by atoms with Crippen molar-refractivity contribution in [3.05, 3.63) is 93.3 Å². The number of halogens is 1. The van der Waals surface area contributed by atoms with Gasteiger partial charge in [-0.25, -0.2) is 4.79 Å². The molecule has 42 heavy (non-hydrogen) atoms. The van der Waals surface area contributed by atoms with Crippen LogP contribution in [0.3, 0.4) is 0 Å². The molecular weight excluding hydrogens is 580 g/mol. The molecule has 0 radical (unpaired) electrons. The van der Waals surface area contributed by atoms with Crippen molar-refractivity contribution < 1.29 is 33.4 Å². The number of benzene rings is 3. The zero-order valence-electron chi connectivity index (χ0n) is 23.1. The summed E-state index contributed by atoms with van der Waals surface area (Å²) in [5.74, 6) is -0.777. The number of carbonyl (C=O) groups excluding carboxylic acids is 4. The molecule has 9 nitrogen and oxygen atoms in total. The Morgan fingerprint density at radius 1 is 0.976 bits per heavy atom. The van der Waals surface area contributed by atoms with E-state index in [0.717, 1.165) is 22.2 Å². The van der Waals surface area contributed by atoms with Gasteiger partial charge in [-0.1, -0.05) is 54.9 Å². The van der Waals surface area contributed by atoms with Crippen molar-refractivity contribution in [2.45, 2.75) is 26.9 Å². The highest BCUT2D eigenvalue weighted by molar-refractivity contribution is 8.18. The van der Waals surface area contributed by atoms with Gasteiger partial charge in [-0.15, -0.1) is 0 Å². The van der Waals surface area contributed by atoms with Gasteiger partial charge in [0.1, 0.15) is 13.2 Å². The number of nitrogens with one attached hydrogen (secondary N) is 1. The molecule has 0 aromatic heterocycles. The van der Waals surface area contributed by atoms with Crippen LogP contribution in [-0.4, -0.2) is 47.7 Å². The van der Waals surface area contributed by atoms with Crippen molar-refractivity contribution in [2.75, 3.05) is 25.1 Å². The van der Waals surface area contributed by atoms with Crippen LogP contribution in [0.2, 0.25) is 5.02 Å². The lowest BCUT2D eigenvalue weighted by atomic mass is 10.1. The number of hydrogen-bond donors (Lipinski definition) is 1. The Labute approximate surface area is 252 Å². The minimum atomic E-state index is -0.618. The van der Waals surface area contributed by atoms with Crippen molar-refractivity contribution in [3.8, 4) is 11.5 Å². The second kappa shape index (κ2) is 14.6. The molecule has 1 heterocycles. The maximum Gasteiger partial charge on any atom is 0.339 e. The monoisotopic (exact) mass is 608 g/mol. The smallest absolute Gasteiger partial charge is 0.339 e. The average molecular weight is 609 g/mol. The van der Waals surface area contributed by atoms with E-state index in [1.807, 2.05) is 44.2 Å². The van der Waals surface area contributed by atoms with Gasteiger partial charge in [-0.3, -0.25) is 19.3 Å². The molecule has 0 atom stereocenters. The third-order valence-electron chi connectivity index (χ3n) is 5.89. The van der Waals surface area contributed by atoms with Crippen LogP contribution in [0.15, 0.2) is 71.6 Å². The van der Waals surface area contributed by atoms with Crippen LogP contribution >= 0.6 is 23.4 Å². The fourth-order valence-corrected chi connectivity index (χ4v) is 4.93. The fourth-order valence-electron chi connectivity index (χ4n) is 3.90. The van der Waals surface area contributed by atoms with Gasteiger partial charge in [0, 0.05) is 5.69 Å². The van der Waals surface area contributed by atoms with Crippen LogP contribution in [0.4, 0.5) is 10.5 Å². The number of ether oxygens (including phenoxy) is 3. The van der Waals surface area contributed by atoms with Crippen molar-refractivity contribution >= 4 is 58.1 Å². The average Bonchev–Trinajstić information content (AvgIpc) is 3.24. The summed E-state index contributed by atoms with van der Waals surface area (Å²) >= 11 is 6.85. The van der Waals surface area contributed by atoms with Crippen molar-refractivity contribution in [1.82, 2.24) is 4.90 Å². The number of anilines is 1. The quantitative estimate of drug-likeness (QED) is 0.182. The third kappa shape index (κ3) is 7.92. The summed E-state index contributed by atoms with van der Waals surface area (Å²) in [5.41, 5.74) is 2.00. The second-order valence-corrected chi connectivity index (χ2v) is 10.5. The Balaban J connectivity index is 1.42. The van der Waals surface area contributed by atoms with Crippen LogP contribution < -0.4 is 14.8 Å². The number of rotatable bonds is 12. The molecule has 0 aliphatic carbocycles. The molecule has 4 rings (SSSR count). The second-order valence-electron chi connectivity index (χ2n) is 9.06. The molecular formula is C31H29ClN2O7S. The topological polar surface area (TPSA) is 111 Å². The molecule has 1 aliphatic heterocycles. The van der Waals surface area contributed by atoms with Crippen LogP contribution in [-0.2, 0) is 20.9 Å². The van der Waals surface area contributed by atoms with Gasteiger partial charge in [0.25, 0.3) is 11.1 Å². The Morgan fingerprint density at radius 3 is 2.50 bits per heavy atom. The molecule has 218 valence electrons. The summed E-state index contributed by atoms with van der Waals surface area (Å²) in [5, 5.41) is 2.19. The van der Waals surface area contributed by atoms with Gasteiger partial charge in [-0.2, -0.15) is 0 Å². The highest BCUT2D eigenvalue weighted by Gasteiger charge is 2.36. The molecule has 3 aromatic carbocycles. The standard InChI is InChI=1S/C31H29ClN2O7S/c1-3-14-40-30(37)23-17-22(11-12-24(23)32)33-28(35)18-34-29(36)27(42-31(34)38)16-21-10-13-25(26(15-21)39-4-2)41-19-20-8-6-5-7-9-20/h5-13,15-17H,3-4,14,18-19H2,1-2H3,(H,33,35)/b27-16+. The minimum absolute atomic E-state index is 0.0972. The fraction of sp³-hybridized carbons (Fsp3) is 0.226. The largest absolute Gasteiger partial charge is 0.490 e. The van der Waals surface area contributed by atoms with Gasteiger partial charge in [0.2, 0.25) is 5.91 Å². The molecule has 11 heteroatoms. The minimum Gasteiger partial charge on any atom is -0.490 e. The van der Waals surface area contributed by atoms with E-state index < -0.39 is 29.6 Å². The Morgan fingerprint density at radius 2 is 1.76 bits per heavy atom. The zero-order chi connectivity index (χ0) is 30.1. The maximum absolute atomic E-state index is 13.0. The molecule has 3 aromatic rings. The first-order valence-electron chi connectivity index (χ1n) is 13.2. The molecule has 1 N–H and O–H groups in total. The first-order chi connectivity index (χ1) is 20.3. The van der Waals surface area contributed by atoms with Crippen molar-refractivity contribution in [1.29, 1.82) is 0 Å². The van der Waals surface area contributed by atoms with Gasteiger partial charge in [-0.05, 0) is 72.6 Å². The van der Waals surface area contributed by atoms with E-state index in [1.165, 1.54) is 18.2 Å². The lowest BCUT2D eigenvalue weighted by Gasteiger charge is -2.14. The van der Waals surface area contributed by atoms with Gasteiger partial charge in [0.05, 0.1) is 28.7 Å². The molecule has 0 spiro atoms. The predicted octanol–water partition coefficient (Wildman–Crippen LogP) is 6.56. The number of amides is 3. The van der Waals surface area contributed by atoms with Crippen LogP contribution in [0.1, 0.15) is 41.8 Å². The van der Waals surface area contributed by atoms with Crippen molar-refractivity contribution in [3.63, 3.8) is 0 Å². The van der Waals surface area contributed by atoms with E-state index >= 15 is 0 Å². The normalized spacial score (nSPS) is 13.8. The predicted molar refractivity (Wildman–Crippen MR) is 162 cm³/mol. The first-order valence-corrected chi connectivity index (χ1v) is 14.4. The number of nitrogens with zero attached hydrogens (tertiary/aromatic N) is 1. The number of hydrogen-bond acceptors (Lipinski definition) is 8. The van der Waals surface area contributed by atoms with E-state index in [9.17, 15) is 19.2 Å². The number of carbonyl (C=O) groups is 4.